The number of nitrogens with zero attached hydrogens (tertiary/aromatic N) is 2. The Balaban J connectivity index is 1.83. The van der Waals surface area contributed by atoms with Crippen LogP contribution in [0, 0.1) is 0 Å². The van der Waals surface area contributed by atoms with Crippen LogP contribution in [-0.2, 0) is 11.3 Å². The molecule has 1 aromatic heterocycles. The summed E-state index contributed by atoms with van der Waals surface area (Å²) in [6, 6.07) is 0. The average molecular weight is 297 g/mol. The van der Waals surface area contributed by atoms with Crippen molar-refractivity contribution in [2.75, 3.05) is 31.1 Å². The van der Waals surface area contributed by atoms with E-state index < -0.39 is 0 Å². The van der Waals surface area contributed by atoms with Crippen LogP contribution in [0.15, 0.2) is 6.20 Å². The summed E-state index contributed by atoms with van der Waals surface area (Å²) in [5.74, 6) is 0. The fourth-order valence-corrected chi connectivity index (χ4v) is 3.36. The normalized spacial score (nSPS) is 19.5. The van der Waals surface area contributed by atoms with Crippen molar-refractivity contribution in [2.45, 2.75) is 52.2 Å². The number of piperidine rings is 1. The summed E-state index contributed by atoms with van der Waals surface area (Å²) in [6.45, 7) is 9.35. The number of aromatic nitrogens is 1. The summed E-state index contributed by atoms with van der Waals surface area (Å²) in [6.07, 6.45) is 7.06. The Morgan fingerprint density at radius 3 is 3.15 bits per heavy atom. The van der Waals surface area contributed by atoms with Gasteiger partial charge in [0.1, 0.15) is 0 Å². The number of thiazole rings is 1. The summed E-state index contributed by atoms with van der Waals surface area (Å²) in [4.78, 5) is 8.29. The van der Waals surface area contributed by atoms with E-state index in [0.717, 1.165) is 44.3 Å². The highest BCUT2D eigenvalue weighted by Gasteiger charge is 2.22. The lowest BCUT2D eigenvalue weighted by Gasteiger charge is -2.32. The molecule has 1 aliphatic heterocycles. The molecule has 0 aliphatic carbocycles. The third-order valence-corrected chi connectivity index (χ3v) is 4.53. The lowest BCUT2D eigenvalue weighted by molar-refractivity contribution is 0.0440. The van der Waals surface area contributed by atoms with E-state index in [1.807, 2.05) is 17.5 Å². The molecule has 1 aliphatic rings. The number of nitrogens with one attached hydrogen (secondary N) is 1. The van der Waals surface area contributed by atoms with Gasteiger partial charge in [-0.15, -0.1) is 11.3 Å². The molecule has 0 saturated carbocycles. The molecular formula is C15H27N3OS. The third-order valence-electron chi connectivity index (χ3n) is 3.47. The summed E-state index contributed by atoms with van der Waals surface area (Å²) < 4.78 is 5.89. The lowest BCUT2D eigenvalue weighted by Crippen LogP contribution is -2.39. The molecule has 0 bridgehead atoms. The highest BCUT2D eigenvalue weighted by molar-refractivity contribution is 7.15. The van der Waals surface area contributed by atoms with Crippen molar-refractivity contribution in [2.24, 2.45) is 0 Å². The van der Waals surface area contributed by atoms with E-state index in [9.17, 15) is 0 Å². The molecule has 1 fully saturated rings. The summed E-state index contributed by atoms with van der Waals surface area (Å²) in [7, 11) is 0. The summed E-state index contributed by atoms with van der Waals surface area (Å²) in [5.41, 5.74) is 0. The second-order valence-corrected chi connectivity index (χ2v) is 6.46. The molecule has 0 spiro atoms. The van der Waals surface area contributed by atoms with E-state index in [1.165, 1.54) is 24.1 Å². The van der Waals surface area contributed by atoms with Gasteiger partial charge in [0, 0.05) is 37.3 Å². The van der Waals surface area contributed by atoms with Crippen LogP contribution in [0.2, 0.25) is 0 Å². The standard InChI is InChI=1S/C15H27N3OS/c1-3-7-16-10-14-11-17-15(20-14)18-8-5-6-13(12-18)19-9-4-2/h11,13,16H,3-10,12H2,1-2H3. The monoisotopic (exact) mass is 297 g/mol. The Kier molecular flexibility index (Phi) is 6.76. The fraction of sp³-hybridized carbons (Fsp3) is 0.800. The third kappa shape index (κ3) is 4.72. The summed E-state index contributed by atoms with van der Waals surface area (Å²) >= 11 is 1.81. The molecule has 1 aromatic rings. The molecule has 4 nitrogen and oxygen atoms in total. The van der Waals surface area contributed by atoms with Crippen molar-refractivity contribution in [1.82, 2.24) is 10.3 Å². The van der Waals surface area contributed by atoms with Gasteiger partial charge in [-0.1, -0.05) is 13.8 Å². The SMILES string of the molecule is CCCNCc1cnc(N2CCCC(OCCC)C2)s1. The highest BCUT2D eigenvalue weighted by Crippen LogP contribution is 2.26. The molecule has 2 heterocycles. The van der Waals surface area contributed by atoms with Crippen molar-refractivity contribution in [3.05, 3.63) is 11.1 Å². The van der Waals surface area contributed by atoms with Gasteiger partial charge >= 0.3 is 0 Å². The van der Waals surface area contributed by atoms with Crippen LogP contribution >= 0.6 is 11.3 Å². The minimum Gasteiger partial charge on any atom is -0.376 e. The van der Waals surface area contributed by atoms with Gasteiger partial charge in [-0.25, -0.2) is 4.98 Å². The van der Waals surface area contributed by atoms with Crippen LogP contribution < -0.4 is 10.2 Å². The Bertz CT molecular complexity index is 383. The largest absolute Gasteiger partial charge is 0.376 e. The topological polar surface area (TPSA) is 37.4 Å². The number of ether oxygens (including phenoxy) is 1. The Morgan fingerprint density at radius 2 is 2.35 bits per heavy atom. The van der Waals surface area contributed by atoms with Crippen LogP contribution in [0.25, 0.3) is 0 Å². The Hall–Kier alpha value is -0.650. The molecule has 1 unspecified atom stereocenters. The number of anilines is 1. The molecule has 5 heteroatoms. The van der Waals surface area contributed by atoms with Gasteiger partial charge in [0.15, 0.2) is 5.13 Å². The Morgan fingerprint density at radius 1 is 1.45 bits per heavy atom. The van der Waals surface area contributed by atoms with Gasteiger partial charge in [0.05, 0.1) is 6.10 Å². The summed E-state index contributed by atoms with van der Waals surface area (Å²) in [5, 5.41) is 4.59. The van der Waals surface area contributed by atoms with Gasteiger partial charge in [0.2, 0.25) is 0 Å². The maximum Gasteiger partial charge on any atom is 0.185 e. The van der Waals surface area contributed by atoms with Crippen molar-refractivity contribution in [1.29, 1.82) is 0 Å². The van der Waals surface area contributed by atoms with Gasteiger partial charge in [0.25, 0.3) is 0 Å². The second-order valence-electron chi connectivity index (χ2n) is 5.37. The van der Waals surface area contributed by atoms with Crippen molar-refractivity contribution < 1.29 is 4.74 Å². The molecule has 1 saturated heterocycles. The molecule has 114 valence electrons. The predicted molar refractivity (Wildman–Crippen MR) is 85.6 cm³/mol. The van der Waals surface area contributed by atoms with E-state index in [-0.39, 0.29) is 0 Å². The van der Waals surface area contributed by atoms with Crippen LogP contribution in [0.1, 0.15) is 44.4 Å². The minimum atomic E-state index is 0.384. The van der Waals surface area contributed by atoms with E-state index in [4.69, 9.17) is 4.74 Å². The van der Waals surface area contributed by atoms with Gasteiger partial charge in [-0.05, 0) is 32.2 Å². The molecular weight excluding hydrogens is 270 g/mol. The van der Waals surface area contributed by atoms with Crippen LogP contribution in [0.3, 0.4) is 0 Å². The smallest absolute Gasteiger partial charge is 0.185 e. The van der Waals surface area contributed by atoms with Crippen molar-refractivity contribution in [3.8, 4) is 0 Å². The predicted octanol–water partition coefficient (Wildman–Crippen LogP) is 3.04. The molecule has 0 aromatic carbocycles. The molecule has 0 amide bonds. The molecule has 2 rings (SSSR count). The van der Waals surface area contributed by atoms with E-state index in [0.29, 0.717) is 6.10 Å². The first-order valence-electron chi connectivity index (χ1n) is 7.85. The van der Waals surface area contributed by atoms with Crippen molar-refractivity contribution in [3.63, 3.8) is 0 Å². The van der Waals surface area contributed by atoms with E-state index in [2.05, 4.69) is 29.0 Å². The van der Waals surface area contributed by atoms with E-state index >= 15 is 0 Å². The zero-order valence-electron chi connectivity index (χ0n) is 12.7. The van der Waals surface area contributed by atoms with Crippen molar-refractivity contribution >= 4 is 16.5 Å². The van der Waals surface area contributed by atoms with Crippen LogP contribution in [0.5, 0.6) is 0 Å². The van der Waals surface area contributed by atoms with Gasteiger partial charge in [-0.2, -0.15) is 0 Å². The zero-order chi connectivity index (χ0) is 14.2. The minimum absolute atomic E-state index is 0.384. The average Bonchev–Trinajstić information content (AvgIpc) is 2.95. The zero-order valence-corrected chi connectivity index (χ0v) is 13.5. The number of rotatable bonds is 8. The molecule has 1 N–H and O–H groups in total. The Labute approximate surface area is 126 Å². The van der Waals surface area contributed by atoms with E-state index in [1.54, 1.807) is 0 Å². The van der Waals surface area contributed by atoms with Gasteiger partial charge in [-0.3, -0.25) is 0 Å². The second kappa shape index (κ2) is 8.60. The first kappa shape index (κ1) is 15.7. The van der Waals surface area contributed by atoms with Crippen LogP contribution in [0.4, 0.5) is 5.13 Å². The first-order valence-corrected chi connectivity index (χ1v) is 8.67. The number of hydrogen-bond donors (Lipinski definition) is 1. The fourth-order valence-electron chi connectivity index (χ4n) is 2.45. The first-order chi connectivity index (χ1) is 9.83. The highest BCUT2D eigenvalue weighted by atomic mass is 32.1. The quantitative estimate of drug-likeness (QED) is 0.748. The van der Waals surface area contributed by atoms with Crippen LogP contribution in [-0.4, -0.2) is 37.3 Å². The maximum absolute atomic E-state index is 5.89. The lowest BCUT2D eigenvalue weighted by atomic mass is 10.1. The molecule has 20 heavy (non-hydrogen) atoms. The number of hydrogen-bond acceptors (Lipinski definition) is 5. The molecule has 1 atom stereocenters. The maximum atomic E-state index is 5.89. The van der Waals surface area contributed by atoms with Gasteiger partial charge < -0.3 is 15.0 Å². The molecule has 0 radical (unpaired) electrons.